The molecule has 0 atom stereocenters. The van der Waals surface area contributed by atoms with Gasteiger partial charge < -0.3 is 0 Å². The van der Waals surface area contributed by atoms with Gasteiger partial charge in [-0.15, -0.1) is 0 Å². The van der Waals surface area contributed by atoms with Gasteiger partial charge in [-0.05, 0) is 18.4 Å². The van der Waals surface area contributed by atoms with Gasteiger partial charge in [0.2, 0.25) is 0 Å². The zero-order chi connectivity index (χ0) is 11.7. The van der Waals surface area contributed by atoms with E-state index in [2.05, 4.69) is 0 Å². The lowest BCUT2D eigenvalue weighted by molar-refractivity contribution is -0.383. The zero-order valence-corrected chi connectivity index (χ0v) is 8.64. The summed E-state index contributed by atoms with van der Waals surface area (Å²) >= 11 is 0. The van der Waals surface area contributed by atoms with E-state index >= 15 is 0 Å². The van der Waals surface area contributed by atoms with Crippen LogP contribution in [0.15, 0.2) is 36.4 Å². The zero-order valence-electron chi connectivity index (χ0n) is 8.64. The van der Waals surface area contributed by atoms with E-state index in [-0.39, 0.29) is 11.5 Å². The summed E-state index contributed by atoms with van der Waals surface area (Å²) in [7, 11) is 0. The third-order valence-electron chi connectivity index (χ3n) is 2.46. The second kappa shape index (κ2) is 3.73. The van der Waals surface area contributed by atoms with Gasteiger partial charge in [0.25, 0.3) is 5.69 Å². The second-order valence-electron chi connectivity index (χ2n) is 3.53. The van der Waals surface area contributed by atoms with Gasteiger partial charge in [-0.25, -0.2) is 0 Å². The molecule has 0 N–H and O–H groups in total. The molecule has 2 aromatic rings. The molecule has 2 rings (SSSR count). The summed E-state index contributed by atoms with van der Waals surface area (Å²) in [4.78, 5) is 21.6. The van der Waals surface area contributed by atoms with Crippen LogP contribution in [0.4, 0.5) is 5.69 Å². The first-order chi connectivity index (χ1) is 7.59. The molecule has 0 saturated carbocycles. The number of nitrogens with zero attached hydrogens (tertiary/aromatic N) is 1. The van der Waals surface area contributed by atoms with E-state index in [9.17, 15) is 14.9 Å². The van der Waals surface area contributed by atoms with Crippen molar-refractivity contribution in [1.29, 1.82) is 0 Å². The number of ketones is 1. The Kier molecular flexibility index (Phi) is 2.40. The fraction of sp³-hybridized carbons (Fsp3) is 0.0833. The molecule has 0 aliphatic heterocycles. The quantitative estimate of drug-likeness (QED) is 0.439. The van der Waals surface area contributed by atoms with Crippen LogP contribution in [-0.4, -0.2) is 10.7 Å². The van der Waals surface area contributed by atoms with Gasteiger partial charge in [-0.3, -0.25) is 14.9 Å². The monoisotopic (exact) mass is 215 g/mol. The van der Waals surface area contributed by atoms with Gasteiger partial charge in [0.05, 0.1) is 10.3 Å². The van der Waals surface area contributed by atoms with Crippen LogP contribution in [0.2, 0.25) is 0 Å². The maximum Gasteiger partial charge on any atom is 0.277 e. The van der Waals surface area contributed by atoms with Gasteiger partial charge in [-0.1, -0.05) is 24.3 Å². The molecule has 2 aromatic carbocycles. The van der Waals surface area contributed by atoms with Crippen LogP contribution >= 0.6 is 0 Å². The summed E-state index contributed by atoms with van der Waals surface area (Å²) in [5.41, 5.74) is 0.516. The highest BCUT2D eigenvalue weighted by atomic mass is 16.6. The molecule has 0 aromatic heterocycles. The fourth-order valence-corrected chi connectivity index (χ4v) is 1.63. The molecule has 0 aliphatic rings. The summed E-state index contributed by atoms with van der Waals surface area (Å²) in [5, 5.41) is 12.1. The number of carbonyl (C=O) groups is 1. The topological polar surface area (TPSA) is 60.2 Å². The summed E-state index contributed by atoms with van der Waals surface area (Å²) in [5.74, 6) is -0.0972. The Hall–Kier alpha value is -2.23. The Morgan fingerprint density at radius 1 is 1.25 bits per heavy atom. The molecule has 0 aliphatic carbocycles. The number of carbonyl (C=O) groups excluding carboxylic acids is 1. The number of Topliss-reactive ketones (excluding diaryl/α,β-unsaturated/α-hetero) is 1. The second-order valence-corrected chi connectivity index (χ2v) is 3.53. The number of hydrogen-bond acceptors (Lipinski definition) is 3. The van der Waals surface area contributed by atoms with E-state index in [1.54, 1.807) is 30.3 Å². The molecule has 0 bridgehead atoms. The number of benzene rings is 2. The van der Waals surface area contributed by atoms with E-state index in [0.29, 0.717) is 10.9 Å². The van der Waals surface area contributed by atoms with Crippen molar-refractivity contribution in [3.05, 3.63) is 52.1 Å². The van der Waals surface area contributed by atoms with Crippen LogP contribution in [0.25, 0.3) is 10.8 Å². The Balaban J connectivity index is 2.78. The van der Waals surface area contributed by atoms with Gasteiger partial charge in [0.1, 0.15) is 0 Å². The molecular formula is C12H9NO3. The predicted octanol–water partition coefficient (Wildman–Crippen LogP) is 2.95. The Labute approximate surface area is 91.7 Å². The fourth-order valence-electron chi connectivity index (χ4n) is 1.63. The average molecular weight is 215 g/mol. The average Bonchev–Trinajstić information content (AvgIpc) is 2.27. The van der Waals surface area contributed by atoms with Crippen molar-refractivity contribution in [2.75, 3.05) is 0 Å². The van der Waals surface area contributed by atoms with E-state index in [1.807, 2.05) is 0 Å². The lowest BCUT2D eigenvalue weighted by Gasteiger charge is -2.01. The van der Waals surface area contributed by atoms with Crippen LogP contribution in [0.5, 0.6) is 0 Å². The van der Waals surface area contributed by atoms with Gasteiger partial charge in [0.15, 0.2) is 5.78 Å². The standard InChI is InChI=1S/C12H9NO3/c1-8(14)10-6-5-9-3-2-4-12(13(15)16)11(9)7-10/h2-7H,1H3. The van der Waals surface area contributed by atoms with Crippen molar-refractivity contribution in [1.82, 2.24) is 0 Å². The lowest BCUT2D eigenvalue weighted by Crippen LogP contribution is -1.94. The highest BCUT2D eigenvalue weighted by Crippen LogP contribution is 2.26. The van der Waals surface area contributed by atoms with Gasteiger partial charge >= 0.3 is 0 Å². The van der Waals surface area contributed by atoms with Gasteiger partial charge in [0, 0.05) is 11.6 Å². The maximum absolute atomic E-state index is 11.2. The number of rotatable bonds is 2. The van der Waals surface area contributed by atoms with Crippen LogP contribution in [0.1, 0.15) is 17.3 Å². The summed E-state index contributed by atoms with van der Waals surface area (Å²) < 4.78 is 0. The van der Waals surface area contributed by atoms with Crippen molar-refractivity contribution < 1.29 is 9.72 Å². The van der Waals surface area contributed by atoms with Crippen molar-refractivity contribution >= 4 is 22.2 Å². The third-order valence-corrected chi connectivity index (χ3v) is 2.46. The summed E-state index contributed by atoms with van der Waals surface area (Å²) in [6.07, 6.45) is 0. The molecule has 0 fully saturated rings. The molecule has 0 radical (unpaired) electrons. The number of nitro groups is 1. The number of non-ortho nitro benzene ring substituents is 1. The largest absolute Gasteiger partial charge is 0.295 e. The van der Waals surface area contributed by atoms with Crippen LogP contribution < -0.4 is 0 Å². The van der Waals surface area contributed by atoms with Crippen LogP contribution in [0, 0.1) is 10.1 Å². The molecule has 4 heteroatoms. The number of nitro benzene ring substituents is 1. The summed E-state index contributed by atoms with van der Waals surface area (Å²) in [6, 6.07) is 9.82. The van der Waals surface area contributed by atoms with E-state index in [0.717, 1.165) is 5.39 Å². The summed E-state index contributed by atoms with van der Waals surface area (Å²) in [6.45, 7) is 1.44. The molecule has 0 heterocycles. The number of fused-ring (bicyclic) bond motifs is 1. The minimum atomic E-state index is -0.438. The Morgan fingerprint density at radius 2 is 2.00 bits per heavy atom. The molecule has 0 amide bonds. The van der Waals surface area contributed by atoms with Crippen LogP contribution in [0.3, 0.4) is 0 Å². The SMILES string of the molecule is CC(=O)c1ccc2cccc([N+](=O)[O-])c2c1. The van der Waals surface area contributed by atoms with Gasteiger partial charge in [-0.2, -0.15) is 0 Å². The molecule has 80 valence electrons. The highest BCUT2D eigenvalue weighted by molar-refractivity contribution is 6.00. The van der Waals surface area contributed by atoms with E-state index in [4.69, 9.17) is 0 Å². The van der Waals surface area contributed by atoms with Crippen molar-refractivity contribution in [2.24, 2.45) is 0 Å². The first-order valence-corrected chi connectivity index (χ1v) is 4.77. The minimum absolute atomic E-state index is 0.0283. The molecule has 0 saturated heterocycles. The normalized spacial score (nSPS) is 10.3. The first-order valence-electron chi connectivity index (χ1n) is 4.77. The maximum atomic E-state index is 11.2. The molecule has 4 nitrogen and oxygen atoms in total. The smallest absolute Gasteiger partial charge is 0.277 e. The van der Waals surface area contributed by atoms with E-state index < -0.39 is 4.92 Å². The molecule has 16 heavy (non-hydrogen) atoms. The molecular weight excluding hydrogens is 206 g/mol. The third kappa shape index (κ3) is 1.65. The first kappa shape index (κ1) is 10.3. The van der Waals surface area contributed by atoms with Crippen molar-refractivity contribution in [2.45, 2.75) is 6.92 Å². The minimum Gasteiger partial charge on any atom is -0.295 e. The lowest BCUT2D eigenvalue weighted by atomic mass is 10.0. The number of hydrogen-bond donors (Lipinski definition) is 0. The van der Waals surface area contributed by atoms with Crippen molar-refractivity contribution in [3.63, 3.8) is 0 Å². The highest BCUT2D eigenvalue weighted by Gasteiger charge is 2.12. The van der Waals surface area contributed by atoms with E-state index in [1.165, 1.54) is 13.0 Å². The Morgan fingerprint density at radius 3 is 2.62 bits per heavy atom. The van der Waals surface area contributed by atoms with Crippen molar-refractivity contribution in [3.8, 4) is 0 Å². The molecule has 0 spiro atoms. The van der Waals surface area contributed by atoms with Crippen LogP contribution in [-0.2, 0) is 0 Å². The predicted molar refractivity (Wildman–Crippen MR) is 60.6 cm³/mol. The molecule has 0 unspecified atom stereocenters. The Bertz CT molecular complexity index is 590.